The molecule has 0 spiro atoms. The number of nitrogens with zero attached hydrogens (tertiary/aromatic N) is 1. The summed E-state index contributed by atoms with van der Waals surface area (Å²) in [5, 5.41) is 9.92. The molecule has 0 fully saturated rings. The molecule has 1 atom stereocenters. The van der Waals surface area contributed by atoms with E-state index in [-0.39, 0.29) is 6.54 Å². The summed E-state index contributed by atoms with van der Waals surface area (Å²) in [5.41, 5.74) is 5.10. The summed E-state index contributed by atoms with van der Waals surface area (Å²) in [5.74, 6) is 0.465. The number of carbonyl (C=O) groups is 1. The molecule has 13 heavy (non-hydrogen) atoms. The van der Waals surface area contributed by atoms with E-state index in [1.807, 2.05) is 6.92 Å². The predicted octanol–water partition coefficient (Wildman–Crippen LogP) is 0.845. The highest BCUT2D eigenvalue weighted by Crippen LogP contribution is 2.11. The van der Waals surface area contributed by atoms with Gasteiger partial charge in [-0.3, -0.25) is 10.0 Å². The van der Waals surface area contributed by atoms with Gasteiger partial charge in [-0.05, 0) is 18.3 Å². The summed E-state index contributed by atoms with van der Waals surface area (Å²) in [6.07, 6.45) is 0.995. The molecule has 0 aliphatic carbocycles. The van der Waals surface area contributed by atoms with Gasteiger partial charge in [-0.1, -0.05) is 20.8 Å². The summed E-state index contributed by atoms with van der Waals surface area (Å²) >= 11 is 0. The number of hydroxylamine groups is 2. The molecule has 0 rings (SSSR count). The highest BCUT2D eigenvalue weighted by atomic mass is 16.5. The van der Waals surface area contributed by atoms with Crippen molar-refractivity contribution in [2.75, 3.05) is 13.1 Å². The number of hydrogen-bond acceptors (Lipinski definition) is 3. The lowest BCUT2D eigenvalue weighted by Crippen LogP contribution is -2.36. The van der Waals surface area contributed by atoms with Crippen LogP contribution in [-0.4, -0.2) is 29.3 Å². The van der Waals surface area contributed by atoms with E-state index in [2.05, 4.69) is 13.8 Å². The number of nitrogens with two attached hydrogens (primary N) is 1. The summed E-state index contributed by atoms with van der Waals surface area (Å²) in [6, 6.07) is 0. The molecule has 0 aliphatic heterocycles. The van der Waals surface area contributed by atoms with Crippen LogP contribution in [0.5, 0.6) is 0 Å². The van der Waals surface area contributed by atoms with Crippen LogP contribution in [0.3, 0.4) is 0 Å². The second kappa shape index (κ2) is 5.94. The van der Waals surface area contributed by atoms with Crippen molar-refractivity contribution in [3.8, 4) is 0 Å². The van der Waals surface area contributed by atoms with Crippen LogP contribution in [0.4, 0.5) is 0 Å². The second-order valence-corrected chi connectivity index (χ2v) is 3.91. The summed E-state index contributed by atoms with van der Waals surface area (Å²) < 4.78 is 0. The van der Waals surface area contributed by atoms with Crippen LogP contribution >= 0.6 is 0 Å². The lowest BCUT2D eigenvalue weighted by atomic mass is 9.99. The third-order valence-corrected chi connectivity index (χ3v) is 1.82. The zero-order valence-electron chi connectivity index (χ0n) is 8.66. The van der Waals surface area contributed by atoms with Crippen molar-refractivity contribution in [3.63, 3.8) is 0 Å². The lowest BCUT2D eigenvalue weighted by molar-refractivity contribution is -0.166. The van der Waals surface area contributed by atoms with Gasteiger partial charge in [0.15, 0.2) is 0 Å². The molecule has 0 aliphatic rings. The minimum atomic E-state index is -0.421. The molecule has 0 aromatic heterocycles. The molecule has 0 aromatic rings. The Morgan fingerprint density at radius 2 is 2.00 bits per heavy atom. The maximum Gasteiger partial charge on any atom is 0.259 e. The number of hydrogen-bond donors (Lipinski definition) is 2. The van der Waals surface area contributed by atoms with Crippen LogP contribution in [0.15, 0.2) is 0 Å². The van der Waals surface area contributed by atoms with Gasteiger partial charge in [0.1, 0.15) is 0 Å². The average molecular weight is 188 g/mol. The zero-order chi connectivity index (χ0) is 10.4. The van der Waals surface area contributed by atoms with Crippen LogP contribution in [0, 0.1) is 11.8 Å². The van der Waals surface area contributed by atoms with E-state index in [1.54, 1.807) is 0 Å². The fourth-order valence-corrected chi connectivity index (χ4v) is 1.38. The maximum absolute atomic E-state index is 10.9. The first-order valence-electron chi connectivity index (χ1n) is 4.66. The maximum atomic E-state index is 10.9. The Balaban J connectivity index is 3.77. The average Bonchev–Trinajstić information content (AvgIpc) is 2.01. The van der Waals surface area contributed by atoms with Crippen molar-refractivity contribution in [1.82, 2.24) is 5.06 Å². The molecule has 0 heterocycles. The molecule has 0 bridgehead atoms. The minimum Gasteiger partial charge on any atom is -0.322 e. The van der Waals surface area contributed by atoms with Crippen LogP contribution in [0.1, 0.15) is 27.2 Å². The molecule has 0 saturated carbocycles. The summed E-state index contributed by atoms with van der Waals surface area (Å²) in [4.78, 5) is 10.9. The Bertz CT molecular complexity index is 160. The molecule has 1 amide bonds. The van der Waals surface area contributed by atoms with Gasteiger partial charge in [0, 0.05) is 0 Å². The van der Waals surface area contributed by atoms with E-state index in [4.69, 9.17) is 5.73 Å². The van der Waals surface area contributed by atoms with Gasteiger partial charge < -0.3 is 5.73 Å². The normalized spacial score (nSPS) is 13.1. The van der Waals surface area contributed by atoms with Gasteiger partial charge >= 0.3 is 0 Å². The van der Waals surface area contributed by atoms with E-state index in [9.17, 15) is 10.0 Å². The lowest BCUT2D eigenvalue weighted by Gasteiger charge is -2.20. The van der Waals surface area contributed by atoms with Gasteiger partial charge in [-0.15, -0.1) is 0 Å². The second-order valence-electron chi connectivity index (χ2n) is 3.91. The first-order chi connectivity index (χ1) is 5.97. The Morgan fingerprint density at radius 1 is 1.46 bits per heavy atom. The van der Waals surface area contributed by atoms with Crippen LogP contribution in [0.2, 0.25) is 0 Å². The topological polar surface area (TPSA) is 66.6 Å². The number of rotatable bonds is 5. The third-order valence-electron chi connectivity index (χ3n) is 1.82. The Hall–Kier alpha value is -0.610. The van der Waals surface area contributed by atoms with E-state index in [1.165, 1.54) is 0 Å². The van der Waals surface area contributed by atoms with E-state index >= 15 is 0 Å². The van der Waals surface area contributed by atoms with Crippen molar-refractivity contribution in [3.05, 3.63) is 0 Å². The molecule has 0 radical (unpaired) electrons. The standard InChI is InChI=1S/C9H20N2O2/c1-7(2)4-8(3)6-11(13)9(12)5-10/h7-8,13H,4-6,10H2,1-3H3. The third kappa shape index (κ3) is 5.60. The first-order valence-corrected chi connectivity index (χ1v) is 4.66. The predicted molar refractivity (Wildman–Crippen MR) is 51.2 cm³/mol. The smallest absolute Gasteiger partial charge is 0.259 e. The van der Waals surface area contributed by atoms with E-state index < -0.39 is 5.91 Å². The molecule has 0 saturated heterocycles. The van der Waals surface area contributed by atoms with E-state index in [0.717, 1.165) is 6.42 Å². The van der Waals surface area contributed by atoms with E-state index in [0.29, 0.717) is 23.4 Å². The Kier molecular flexibility index (Phi) is 5.66. The molecule has 4 heteroatoms. The first kappa shape index (κ1) is 12.4. The van der Waals surface area contributed by atoms with Crippen LogP contribution < -0.4 is 5.73 Å². The molecular weight excluding hydrogens is 168 g/mol. The Morgan fingerprint density at radius 3 is 2.38 bits per heavy atom. The van der Waals surface area contributed by atoms with Crippen LogP contribution in [0.25, 0.3) is 0 Å². The van der Waals surface area contributed by atoms with Gasteiger partial charge in [0.05, 0.1) is 13.1 Å². The van der Waals surface area contributed by atoms with Crippen molar-refractivity contribution < 1.29 is 10.0 Å². The SMILES string of the molecule is CC(C)CC(C)CN(O)C(=O)CN. The summed E-state index contributed by atoms with van der Waals surface area (Å²) in [7, 11) is 0. The molecule has 1 unspecified atom stereocenters. The van der Waals surface area contributed by atoms with Gasteiger partial charge in [0.25, 0.3) is 5.91 Å². The monoisotopic (exact) mass is 188 g/mol. The number of amides is 1. The molecule has 0 aromatic carbocycles. The van der Waals surface area contributed by atoms with Gasteiger partial charge in [0.2, 0.25) is 0 Å². The highest BCUT2D eigenvalue weighted by molar-refractivity contribution is 5.76. The fraction of sp³-hybridized carbons (Fsp3) is 0.889. The molecule has 4 nitrogen and oxygen atoms in total. The number of carbonyl (C=O) groups excluding carboxylic acids is 1. The van der Waals surface area contributed by atoms with Crippen molar-refractivity contribution in [2.45, 2.75) is 27.2 Å². The minimum absolute atomic E-state index is 0.134. The van der Waals surface area contributed by atoms with Crippen molar-refractivity contribution in [2.24, 2.45) is 17.6 Å². The molecular formula is C9H20N2O2. The zero-order valence-corrected chi connectivity index (χ0v) is 8.66. The summed E-state index contributed by atoms with van der Waals surface area (Å²) in [6.45, 7) is 6.47. The van der Waals surface area contributed by atoms with Gasteiger partial charge in [-0.25, -0.2) is 5.06 Å². The van der Waals surface area contributed by atoms with Crippen molar-refractivity contribution in [1.29, 1.82) is 0 Å². The quantitative estimate of drug-likeness (QED) is 0.496. The van der Waals surface area contributed by atoms with Gasteiger partial charge in [-0.2, -0.15) is 0 Å². The fourth-order valence-electron chi connectivity index (χ4n) is 1.38. The van der Waals surface area contributed by atoms with Crippen LogP contribution in [-0.2, 0) is 4.79 Å². The largest absolute Gasteiger partial charge is 0.322 e. The molecule has 3 N–H and O–H groups in total. The van der Waals surface area contributed by atoms with Crippen molar-refractivity contribution >= 4 is 5.91 Å². The molecule has 78 valence electrons. The Labute approximate surface area is 79.7 Å². The highest BCUT2D eigenvalue weighted by Gasteiger charge is 2.13.